The third-order valence-electron chi connectivity index (χ3n) is 7.15. The van der Waals surface area contributed by atoms with E-state index in [0.717, 1.165) is 34.6 Å². The summed E-state index contributed by atoms with van der Waals surface area (Å²) in [5.74, 6) is 5.56. The number of rotatable bonds is 7. The molecule has 8 heteroatoms. The second-order valence-corrected chi connectivity index (χ2v) is 10.5. The Kier molecular flexibility index (Phi) is 8.69. The predicted octanol–water partition coefficient (Wildman–Crippen LogP) is 4.75. The monoisotopic (exact) mass is 531 g/mol. The average molecular weight is 532 g/mol. The highest BCUT2D eigenvalue weighted by atomic mass is 35.5. The molecule has 3 aromatic rings. The molecule has 0 radical (unpaired) electrons. The number of amidine groups is 1. The van der Waals surface area contributed by atoms with Crippen LogP contribution in [0.15, 0.2) is 77.9 Å². The molecular formula is C30H34ClN5O2. The first-order chi connectivity index (χ1) is 18.3. The number of piperidine rings is 1. The highest BCUT2D eigenvalue weighted by Gasteiger charge is 2.31. The molecule has 5 N–H and O–H groups in total. The van der Waals surface area contributed by atoms with Crippen molar-refractivity contribution in [2.75, 3.05) is 13.1 Å². The van der Waals surface area contributed by atoms with Gasteiger partial charge in [-0.2, -0.15) is 5.10 Å². The molecular weight excluding hydrogens is 498 g/mol. The van der Waals surface area contributed by atoms with Crippen LogP contribution >= 0.6 is 11.6 Å². The molecule has 1 fully saturated rings. The Bertz CT molecular complexity index is 1300. The minimum absolute atomic E-state index is 0.0335. The lowest BCUT2D eigenvalue weighted by atomic mass is 9.89. The molecule has 1 heterocycles. The van der Waals surface area contributed by atoms with Crippen LogP contribution in [0.1, 0.15) is 54.1 Å². The number of hydrogen-bond acceptors (Lipinski definition) is 4. The molecule has 2 amide bonds. The van der Waals surface area contributed by atoms with E-state index in [0.29, 0.717) is 24.6 Å². The molecule has 3 aromatic carbocycles. The van der Waals surface area contributed by atoms with Gasteiger partial charge in [-0.25, -0.2) is 0 Å². The number of nitrogens with two attached hydrogens (primary N) is 2. The number of hydrogen-bond donors (Lipinski definition) is 3. The molecule has 38 heavy (non-hydrogen) atoms. The third-order valence-corrected chi connectivity index (χ3v) is 7.40. The number of nitrogens with zero attached hydrogens (tertiary/aromatic N) is 2. The Morgan fingerprint density at radius 3 is 2.21 bits per heavy atom. The van der Waals surface area contributed by atoms with Gasteiger partial charge in [0, 0.05) is 29.2 Å². The first-order valence-corrected chi connectivity index (χ1v) is 13.2. The summed E-state index contributed by atoms with van der Waals surface area (Å²) in [7, 11) is 0. The lowest BCUT2D eigenvalue weighted by Gasteiger charge is -2.35. The number of carbonyl (C=O) groups excluding carboxylic acids is 2. The van der Waals surface area contributed by atoms with Gasteiger partial charge in [0.2, 0.25) is 5.91 Å². The minimum atomic E-state index is -0.601. The van der Waals surface area contributed by atoms with Crippen molar-refractivity contribution in [3.63, 3.8) is 0 Å². The second kappa shape index (κ2) is 12.1. The van der Waals surface area contributed by atoms with Gasteiger partial charge in [-0.3, -0.25) is 9.59 Å². The summed E-state index contributed by atoms with van der Waals surface area (Å²) < 4.78 is 0. The van der Waals surface area contributed by atoms with Crippen LogP contribution < -0.4 is 16.9 Å². The van der Waals surface area contributed by atoms with Crippen molar-refractivity contribution >= 4 is 29.3 Å². The molecule has 1 saturated heterocycles. The Balaban J connectivity index is 1.42. The number of halogens is 1. The van der Waals surface area contributed by atoms with Gasteiger partial charge in [0.1, 0.15) is 11.9 Å². The van der Waals surface area contributed by atoms with Crippen LogP contribution in [0.4, 0.5) is 0 Å². The first kappa shape index (κ1) is 27.2. The zero-order valence-electron chi connectivity index (χ0n) is 21.7. The van der Waals surface area contributed by atoms with Crippen molar-refractivity contribution in [1.29, 1.82) is 0 Å². The van der Waals surface area contributed by atoms with Gasteiger partial charge in [-0.15, -0.1) is 0 Å². The molecule has 0 bridgehead atoms. The van der Waals surface area contributed by atoms with Crippen LogP contribution in [0.3, 0.4) is 0 Å². The van der Waals surface area contributed by atoms with Crippen LogP contribution in [-0.2, 0) is 4.79 Å². The fourth-order valence-electron chi connectivity index (χ4n) is 4.85. The topological polar surface area (TPSA) is 114 Å². The molecule has 4 rings (SSSR count). The molecule has 0 aromatic heterocycles. The fourth-order valence-corrected chi connectivity index (χ4v) is 4.98. The average Bonchev–Trinajstić information content (AvgIpc) is 2.95. The van der Waals surface area contributed by atoms with Crippen molar-refractivity contribution < 1.29 is 9.59 Å². The van der Waals surface area contributed by atoms with Gasteiger partial charge < -0.3 is 21.8 Å². The van der Waals surface area contributed by atoms with Crippen LogP contribution in [-0.4, -0.2) is 41.7 Å². The van der Waals surface area contributed by atoms with Gasteiger partial charge in [0.05, 0.1) is 0 Å². The van der Waals surface area contributed by atoms with Crippen molar-refractivity contribution in [2.24, 2.45) is 22.6 Å². The summed E-state index contributed by atoms with van der Waals surface area (Å²) in [4.78, 5) is 28.6. The summed E-state index contributed by atoms with van der Waals surface area (Å²) in [6.07, 6.45) is 1.77. The van der Waals surface area contributed by atoms with E-state index in [1.54, 1.807) is 6.07 Å². The molecule has 0 spiro atoms. The van der Waals surface area contributed by atoms with Crippen molar-refractivity contribution in [3.05, 3.63) is 94.5 Å². The van der Waals surface area contributed by atoms with Crippen LogP contribution in [0, 0.1) is 5.92 Å². The zero-order chi connectivity index (χ0) is 27.2. The first-order valence-electron chi connectivity index (χ1n) is 12.9. The molecule has 1 aliphatic rings. The Hall–Kier alpha value is -3.84. The summed E-state index contributed by atoms with van der Waals surface area (Å²) in [6, 6.07) is 22.2. The molecule has 1 aliphatic heterocycles. The fraction of sp³-hybridized carbons (Fsp3) is 0.300. The standard InChI is InChI=1S/C30H34ClN5O2/c1-19(2)27(30(38)36-16-14-22(15-17-36)20-10-12-26(31)13-11-20)34-29(37)25-5-3-4-24(18-25)21-6-8-23(9-7-21)28(32)35-33/h3-13,18-19,22,27H,14-17,33H2,1-2H3,(H2,32,35)(H,34,37). The Morgan fingerprint density at radius 1 is 0.947 bits per heavy atom. The lowest BCUT2D eigenvalue weighted by Crippen LogP contribution is -2.52. The summed E-state index contributed by atoms with van der Waals surface area (Å²) in [5, 5.41) is 7.24. The highest BCUT2D eigenvalue weighted by molar-refractivity contribution is 6.30. The third kappa shape index (κ3) is 6.34. The van der Waals surface area contributed by atoms with Gasteiger partial charge in [0.25, 0.3) is 5.91 Å². The van der Waals surface area contributed by atoms with E-state index in [4.69, 9.17) is 23.2 Å². The zero-order valence-corrected chi connectivity index (χ0v) is 22.5. The number of nitrogens with one attached hydrogen (secondary N) is 1. The SMILES string of the molecule is CC(C)C(NC(=O)c1cccc(-c2ccc(/C(N)=N/N)cc2)c1)C(=O)N1CCC(c2ccc(Cl)cc2)CC1. The van der Waals surface area contributed by atoms with Crippen molar-refractivity contribution in [2.45, 2.75) is 38.6 Å². The number of likely N-dealkylation sites (tertiary alicyclic amines) is 1. The van der Waals surface area contributed by atoms with E-state index >= 15 is 0 Å². The van der Waals surface area contributed by atoms with E-state index < -0.39 is 6.04 Å². The van der Waals surface area contributed by atoms with E-state index in [1.165, 1.54) is 5.56 Å². The second-order valence-electron chi connectivity index (χ2n) is 10.0. The molecule has 7 nitrogen and oxygen atoms in total. The minimum Gasteiger partial charge on any atom is -0.382 e. The highest BCUT2D eigenvalue weighted by Crippen LogP contribution is 2.29. The number of amides is 2. The van der Waals surface area contributed by atoms with Gasteiger partial charge in [-0.1, -0.05) is 74.0 Å². The van der Waals surface area contributed by atoms with Gasteiger partial charge >= 0.3 is 0 Å². The van der Waals surface area contributed by atoms with Crippen LogP contribution in [0.2, 0.25) is 5.02 Å². The smallest absolute Gasteiger partial charge is 0.251 e. The summed E-state index contributed by atoms with van der Waals surface area (Å²) in [5.41, 5.74) is 10.0. The summed E-state index contributed by atoms with van der Waals surface area (Å²) in [6.45, 7) is 5.24. The van der Waals surface area contributed by atoms with E-state index in [9.17, 15) is 9.59 Å². The maximum absolute atomic E-state index is 13.5. The van der Waals surface area contributed by atoms with E-state index in [2.05, 4.69) is 22.6 Å². The molecule has 0 saturated carbocycles. The Morgan fingerprint density at radius 2 is 1.61 bits per heavy atom. The number of carbonyl (C=O) groups is 2. The van der Waals surface area contributed by atoms with Crippen LogP contribution in [0.25, 0.3) is 11.1 Å². The number of hydrazone groups is 1. The van der Waals surface area contributed by atoms with Crippen LogP contribution in [0.5, 0.6) is 0 Å². The maximum Gasteiger partial charge on any atom is 0.251 e. The normalized spacial score (nSPS) is 15.4. The number of benzene rings is 3. The quantitative estimate of drug-likeness (QED) is 0.177. The largest absolute Gasteiger partial charge is 0.382 e. The van der Waals surface area contributed by atoms with E-state index in [-0.39, 0.29) is 23.6 Å². The van der Waals surface area contributed by atoms with Gasteiger partial charge in [0.15, 0.2) is 0 Å². The maximum atomic E-state index is 13.5. The molecule has 0 aliphatic carbocycles. The molecule has 1 unspecified atom stereocenters. The van der Waals surface area contributed by atoms with Crippen molar-refractivity contribution in [3.8, 4) is 11.1 Å². The van der Waals surface area contributed by atoms with Crippen molar-refractivity contribution in [1.82, 2.24) is 10.2 Å². The van der Waals surface area contributed by atoms with Gasteiger partial charge in [-0.05, 0) is 65.6 Å². The lowest BCUT2D eigenvalue weighted by molar-refractivity contribution is -0.135. The predicted molar refractivity (Wildman–Crippen MR) is 153 cm³/mol. The molecule has 1 atom stereocenters. The van der Waals surface area contributed by atoms with E-state index in [1.807, 2.05) is 73.3 Å². The summed E-state index contributed by atoms with van der Waals surface area (Å²) >= 11 is 6.03. The Labute approximate surface area is 228 Å². The molecule has 198 valence electrons.